The fourth-order valence-electron chi connectivity index (χ4n) is 2.76. The maximum absolute atomic E-state index is 12.9. The Balaban J connectivity index is 1.80. The highest BCUT2D eigenvalue weighted by Crippen LogP contribution is 2.26. The van der Waals surface area contributed by atoms with Crippen LogP contribution in [0.4, 0.5) is 11.5 Å². The summed E-state index contributed by atoms with van der Waals surface area (Å²) in [5, 5.41) is 4.58. The lowest BCUT2D eigenvalue weighted by Crippen LogP contribution is -2.16. The number of anilines is 2. The number of sulfonamides is 1. The van der Waals surface area contributed by atoms with Crippen molar-refractivity contribution in [1.29, 1.82) is 0 Å². The van der Waals surface area contributed by atoms with Crippen molar-refractivity contribution in [2.75, 3.05) is 10.5 Å². The van der Waals surface area contributed by atoms with Crippen molar-refractivity contribution < 1.29 is 8.42 Å². The normalized spacial score (nSPS) is 11.3. The molecule has 2 aromatic carbocycles. The molecule has 3 N–H and O–H groups in total. The third-order valence-electron chi connectivity index (χ3n) is 4.09. The van der Waals surface area contributed by atoms with Crippen LogP contribution in [0.5, 0.6) is 0 Å². The number of aromatic nitrogens is 3. The first-order valence-electron chi connectivity index (χ1n) is 8.47. The van der Waals surface area contributed by atoms with E-state index in [4.69, 9.17) is 5.73 Å². The average Bonchev–Trinajstić information content (AvgIpc) is 3.12. The fraction of sp³-hybridized carbons (Fsp3) is 0. The topological polar surface area (TPSA) is 103 Å². The van der Waals surface area contributed by atoms with Crippen LogP contribution in [-0.2, 0) is 10.0 Å². The number of hydrogen-bond donors (Lipinski definition) is 2. The first-order chi connectivity index (χ1) is 13.5. The molecular formula is C20H17N5O2S. The van der Waals surface area contributed by atoms with E-state index in [-0.39, 0.29) is 4.90 Å². The minimum atomic E-state index is -3.84. The second kappa shape index (κ2) is 7.16. The van der Waals surface area contributed by atoms with Gasteiger partial charge in [0.05, 0.1) is 16.3 Å². The van der Waals surface area contributed by atoms with E-state index in [9.17, 15) is 8.42 Å². The van der Waals surface area contributed by atoms with Crippen LogP contribution in [0.25, 0.3) is 16.9 Å². The van der Waals surface area contributed by atoms with Crippen molar-refractivity contribution in [1.82, 2.24) is 14.8 Å². The van der Waals surface area contributed by atoms with Gasteiger partial charge in [0, 0.05) is 29.7 Å². The van der Waals surface area contributed by atoms with Crippen molar-refractivity contribution in [3.63, 3.8) is 0 Å². The lowest BCUT2D eigenvalue weighted by Gasteiger charge is -2.11. The van der Waals surface area contributed by atoms with Gasteiger partial charge in [-0.25, -0.2) is 13.1 Å². The molecule has 0 fully saturated rings. The minimum Gasteiger partial charge on any atom is -0.399 e. The summed E-state index contributed by atoms with van der Waals surface area (Å²) in [6, 6.07) is 20.7. The van der Waals surface area contributed by atoms with Gasteiger partial charge < -0.3 is 5.73 Å². The summed E-state index contributed by atoms with van der Waals surface area (Å²) >= 11 is 0. The Hall–Kier alpha value is -3.65. The molecule has 8 heteroatoms. The van der Waals surface area contributed by atoms with Crippen LogP contribution in [-0.4, -0.2) is 23.2 Å². The van der Waals surface area contributed by atoms with Crippen LogP contribution >= 0.6 is 0 Å². The van der Waals surface area contributed by atoms with Gasteiger partial charge in [-0.2, -0.15) is 5.10 Å². The number of nitrogen functional groups attached to an aromatic ring is 1. The molecule has 0 saturated carbocycles. The number of pyridine rings is 1. The number of para-hydroxylation sites is 1. The predicted octanol–water partition coefficient (Wildman–Crippen LogP) is 3.32. The molecule has 0 aliphatic heterocycles. The Kier molecular flexibility index (Phi) is 4.54. The maximum Gasteiger partial charge on any atom is 0.263 e. The molecule has 0 spiro atoms. The molecule has 0 atom stereocenters. The van der Waals surface area contributed by atoms with E-state index in [0.717, 1.165) is 11.3 Å². The van der Waals surface area contributed by atoms with Crippen LogP contribution in [0.15, 0.2) is 90.1 Å². The lowest BCUT2D eigenvalue weighted by molar-refractivity contribution is 0.600. The fourth-order valence-corrected chi connectivity index (χ4v) is 3.85. The highest BCUT2D eigenvalue weighted by atomic mass is 32.2. The van der Waals surface area contributed by atoms with Gasteiger partial charge in [-0.15, -0.1) is 0 Å². The summed E-state index contributed by atoms with van der Waals surface area (Å²) < 4.78 is 29.9. The molecule has 2 heterocycles. The Morgan fingerprint density at radius 3 is 2.36 bits per heavy atom. The predicted molar refractivity (Wildman–Crippen MR) is 108 cm³/mol. The molecule has 0 unspecified atom stereocenters. The molecule has 0 bridgehead atoms. The van der Waals surface area contributed by atoms with Crippen molar-refractivity contribution in [2.45, 2.75) is 4.90 Å². The maximum atomic E-state index is 12.9. The van der Waals surface area contributed by atoms with E-state index in [0.29, 0.717) is 17.2 Å². The monoisotopic (exact) mass is 391 g/mol. The van der Waals surface area contributed by atoms with E-state index in [1.54, 1.807) is 35.3 Å². The number of benzene rings is 2. The molecule has 2 aromatic heterocycles. The molecular weight excluding hydrogens is 374 g/mol. The molecule has 0 amide bonds. The number of nitrogens with two attached hydrogens (primary N) is 1. The SMILES string of the molecule is Nc1cccc(S(=O)(=O)Nc2cc(-c3ccncc3)nn2-c2ccccc2)c1. The van der Waals surface area contributed by atoms with E-state index >= 15 is 0 Å². The van der Waals surface area contributed by atoms with Crippen LogP contribution in [0.2, 0.25) is 0 Å². The summed E-state index contributed by atoms with van der Waals surface area (Å²) in [6.45, 7) is 0. The van der Waals surface area contributed by atoms with E-state index in [1.807, 2.05) is 42.5 Å². The van der Waals surface area contributed by atoms with Gasteiger partial charge in [-0.05, 0) is 42.5 Å². The zero-order valence-corrected chi connectivity index (χ0v) is 15.5. The molecule has 4 rings (SSSR count). The van der Waals surface area contributed by atoms with Crippen molar-refractivity contribution in [2.24, 2.45) is 0 Å². The Labute approximate surface area is 162 Å². The summed E-state index contributed by atoms with van der Waals surface area (Å²) in [5.41, 5.74) is 8.29. The molecule has 7 nitrogen and oxygen atoms in total. The van der Waals surface area contributed by atoms with Gasteiger partial charge in [-0.3, -0.25) is 9.71 Å². The van der Waals surface area contributed by atoms with Crippen molar-refractivity contribution >= 4 is 21.5 Å². The van der Waals surface area contributed by atoms with Gasteiger partial charge in [0.1, 0.15) is 5.82 Å². The van der Waals surface area contributed by atoms with Gasteiger partial charge in [0.2, 0.25) is 0 Å². The number of rotatable bonds is 5. The second-order valence-electron chi connectivity index (χ2n) is 6.08. The highest BCUT2D eigenvalue weighted by molar-refractivity contribution is 7.92. The quantitative estimate of drug-likeness (QED) is 0.508. The molecule has 140 valence electrons. The van der Waals surface area contributed by atoms with Crippen LogP contribution < -0.4 is 10.5 Å². The van der Waals surface area contributed by atoms with E-state index < -0.39 is 10.0 Å². The van der Waals surface area contributed by atoms with Crippen LogP contribution in [0, 0.1) is 0 Å². The lowest BCUT2D eigenvalue weighted by atomic mass is 10.2. The summed E-state index contributed by atoms with van der Waals surface area (Å²) in [7, 11) is -3.84. The summed E-state index contributed by atoms with van der Waals surface area (Å²) in [5.74, 6) is 0.320. The zero-order chi connectivity index (χ0) is 19.6. The molecule has 0 aliphatic carbocycles. The van der Waals surface area contributed by atoms with Crippen LogP contribution in [0.1, 0.15) is 0 Å². The second-order valence-corrected chi connectivity index (χ2v) is 7.76. The summed E-state index contributed by atoms with van der Waals surface area (Å²) in [4.78, 5) is 4.09. The molecule has 0 radical (unpaired) electrons. The third-order valence-corrected chi connectivity index (χ3v) is 5.45. The van der Waals surface area contributed by atoms with Gasteiger partial charge >= 0.3 is 0 Å². The van der Waals surface area contributed by atoms with Crippen molar-refractivity contribution in [3.05, 3.63) is 85.2 Å². The molecule has 0 aliphatic rings. The largest absolute Gasteiger partial charge is 0.399 e. The average molecular weight is 391 g/mol. The minimum absolute atomic E-state index is 0.0822. The Morgan fingerprint density at radius 2 is 1.64 bits per heavy atom. The van der Waals surface area contributed by atoms with Crippen LogP contribution in [0.3, 0.4) is 0 Å². The molecule has 28 heavy (non-hydrogen) atoms. The first-order valence-corrected chi connectivity index (χ1v) is 9.95. The third kappa shape index (κ3) is 3.58. The molecule has 0 saturated heterocycles. The number of nitrogens with one attached hydrogen (secondary N) is 1. The van der Waals surface area contributed by atoms with Gasteiger partial charge in [0.25, 0.3) is 10.0 Å². The Morgan fingerprint density at radius 1 is 0.893 bits per heavy atom. The number of hydrogen-bond acceptors (Lipinski definition) is 5. The van der Waals surface area contributed by atoms with Gasteiger partial charge in [-0.1, -0.05) is 24.3 Å². The zero-order valence-electron chi connectivity index (χ0n) is 14.7. The highest BCUT2D eigenvalue weighted by Gasteiger charge is 2.19. The smallest absolute Gasteiger partial charge is 0.263 e. The first kappa shape index (κ1) is 17.7. The standard InChI is InChI=1S/C20H17N5O2S/c21-16-5-4-8-18(13-16)28(26,27)24-20-14-19(15-9-11-22-12-10-15)23-25(20)17-6-2-1-3-7-17/h1-14,24H,21H2. The van der Waals surface area contributed by atoms with Gasteiger partial charge in [0.15, 0.2) is 0 Å². The molecule has 4 aromatic rings. The Bertz CT molecular complexity index is 1210. The van der Waals surface area contributed by atoms with E-state index in [1.165, 1.54) is 12.1 Å². The van der Waals surface area contributed by atoms with Crippen molar-refractivity contribution in [3.8, 4) is 16.9 Å². The summed E-state index contributed by atoms with van der Waals surface area (Å²) in [6.07, 6.45) is 3.32. The number of nitrogens with zero attached hydrogens (tertiary/aromatic N) is 3. The van der Waals surface area contributed by atoms with E-state index in [2.05, 4.69) is 14.8 Å².